The van der Waals surface area contributed by atoms with E-state index in [-0.39, 0.29) is 11.5 Å². The Kier molecular flexibility index (Phi) is 3.16. The van der Waals surface area contributed by atoms with Crippen molar-refractivity contribution in [2.45, 2.75) is 59.0 Å². The van der Waals surface area contributed by atoms with Crippen molar-refractivity contribution < 1.29 is 5.11 Å². The molecule has 12 heavy (non-hydrogen) atoms. The van der Waals surface area contributed by atoms with Crippen molar-refractivity contribution >= 4 is 0 Å². The molecule has 1 aliphatic carbocycles. The molecule has 0 spiro atoms. The molecule has 0 aromatic carbocycles. The molecule has 1 heteroatoms. The SMILES string of the molecule is CCC1(C(O)C(C)C)CCCC1. The second kappa shape index (κ2) is 3.78. The molecule has 1 unspecified atom stereocenters. The van der Waals surface area contributed by atoms with Gasteiger partial charge in [-0.05, 0) is 30.6 Å². The molecule has 1 saturated carbocycles. The smallest absolute Gasteiger partial charge is 0.0619 e. The van der Waals surface area contributed by atoms with Gasteiger partial charge >= 0.3 is 0 Å². The fraction of sp³-hybridized carbons (Fsp3) is 1.00. The van der Waals surface area contributed by atoms with Gasteiger partial charge in [-0.3, -0.25) is 0 Å². The van der Waals surface area contributed by atoms with Gasteiger partial charge in [0, 0.05) is 0 Å². The maximum absolute atomic E-state index is 10.1. The summed E-state index contributed by atoms with van der Waals surface area (Å²) in [5, 5.41) is 10.1. The average Bonchev–Trinajstić information content (AvgIpc) is 2.52. The standard InChI is InChI=1S/C11H22O/c1-4-11(7-5-6-8-11)10(12)9(2)3/h9-10,12H,4-8H2,1-3H3. The minimum absolute atomic E-state index is 0.0787. The predicted octanol–water partition coefficient (Wildman–Crippen LogP) is 2.97. The van der Waals surface area contributed by atoms with E-state index in [4.69, 9.17) is 0 Å². The molecule has 1 atom stereocenters. The van der Waals surface area contributed by atoms with Crippen LogP contribution in [0.15, 0.2) is 0 Å². The third-order valence-corrected chi connectivity index (χ3v) is 3.56. The molecule has 1 aliphatic rings. The third kappa shape index (κ3) is 1.66. The second-order valence-electron chi connectivity index (χ2n) is 4.61. The van der Waals surface area contributed by atoms with Gasteiger partial charge in [0.15, 0.2) is 0 Å². The van der Waals surface area contributed by atoms with Crippen molar-refractivity contribution in [2.24, 2.45) is 11.3 Å². The van der Waals surface area contributed by atoms with Crippen molar-refractivity contribution in [1.82, 2.24) is 0 Å². The Morgan fingerprint density at radius 1 is 1.25 bits per heavy atom. The zero-order chi connectivity index (χ0) is 9.19. The van der Waals surface area contributed by atoms with E-state index in [0.717, 1.165) is 6.42 Å². The molecule has 0 amide bonds. The Morgan fingerprint density at radius 2 is 1.75 bits per heavy atom. The van der Waals surface area contributed by atoms with E-state index < -0.39 is 0 Å². The lowest BCUT2D eigenvalue weighted by Crippen LogP contribution is -2.35. The summed E-state index contributed by atoms with van der Waals surface area (Å²) in [5.74, 6) is 0.419. The van der Waals surface area contributed by atoms with Gasteiger partial charge in [-0.1, -0.05) is 33.6 Å². The summed E-state index contributed by atoms with van der Waals surface area (Å²) < 4.78 is 0. The Bertz CT molecular complexity index is 134. The summed E-state index contributed by atoms with van der Waals surface area (Å²) in [6, 6.07) is 0. The first kappa shape index (κ1) is 10.0. The molecule has 1 fully saturated rings. The van der Waals surface area contributed by atoms with Crippen LogP contribution < -0.4 is 0 Å². The van der Waals surface area contributed by atoms with Crippen LogP contribution in [0.25, 0.3) is 0 Å². The highest BCUT2D eigenvalue weighted by Crippen LogP contribution is 2.45. The van der Waals surface area contributed by atoms with Crippen LogP contribution in [0.1, 0.15) is 52.9 Å². The Balaban J connectivity index is 2.65. The van der Waals surface area contributed by atoms with Gasteiger partial charge in [-0.25, -0.2) is 0 Å². The van der Waals surface area contributed by atoms with Gasteiger partial charge in [0.1, 0.15) is 0 Å². The van der Waals surface area contributed by atoms with Crippen molar-refractivity contribution in [3.05, 3.63) is 0 Å². The van der Waals surface area contributed by atoms with Crippen molar-refractivity contribution in [3.63, 3.8) is 0 Å². The van der Waals surface area contributed by atoms with E-state index in [1.807, 2.05) is 0 Å². The molecule has 0 radical (unpaired) electrons. The zero-order valence-electron chi connectivity index (χ0n) is 8.64. The van der Waals surface area contributed by atoms with E-state index in [0.29, 0.717) is 5.92 Å². The first-order chi connectivity index (χ1) is 5.62. The van der Waals surface area contributed by atoms with Crippen LogP contribution in [0.5, 0.6) is 0 Å². The molecule has 72 valence electrons. The number of rotatable bonds is 3. The minimum Gasteiger partial charge on any atom is -0.392 e. The number of hydrogen-bond acceptors (Lipinski definition) is 1. The lowest BCUT2D eigenvalue weighted by molar-refractivity contribution is -0.00845. The highest BCUT2D eigenvalue weighted by molar-refractivity contribution is 4.90. The fourth-order valence-corrected chi connectivity index (χ4v) is 2.64. The lowest BCUT2D eigenvalue weighted by Gasteiger charge is -2.35. The van der Waals surface area contributed by atoms with Gasteiger partial charge in [-0.2, -0.15) is 0 Å². The minimum atomic E-state index is -0.0787. The molecule has 1 rings (SSSR count). The Labute approximate surface area is 76.2 Å². The topological polar surface area (TPSA) is 20.2 Å². The van der Waals surface area contributed by atoms with Gasteiger partial charge < -0.3 is 5.11 Å². The summed E-state index contributed by atoms with van der Waals surface area (Å²) >= 11 is 0. The van der Waals surface area contributed by atoms with Gasteiger partial charge in [0.25, 0.3) is 0 Å². The van der Waals surface area contributed by atoms with E-state index >= 15 is 0 Å². The molecule has 0 aromatic rings. The van der Waals surface area contributed by atoms with Crippen LogP contribution in [-0.2, 0) is 0 Å². The first-order valence-electron chi connectivity index (χ1n) is 5.30. The molecule has 0 aromatic heterocycles. The van der Waals surface area contributed by atoms with Crippen molar-refractivity contribution in [2.75, 3.05) is 0 Å². The van der Waals surface area contributed by atoms with Gasteiger partial charge in [0.05, 0.1) is 6.10 Å². The Morgan fingerprint density at radius 3 is 2.08 bits per heavy atom. The highest BCUT2D eigenvalue weighted by atomic mass is 16.3. The average molecular weight is 170 g/mol. The quantitative estimate of drug-likeness (QED) is 0.690. The van der Waals surface area contributed by atoms with Crippen LogP contribution in [-0.4, -0.2) is 11.2 Å². The summed E-state index contributed by atoms with van der Waals surface area (Å²) in [6.45, 7) is 6.47. The highest BCUT2D eigenvalue weighted by Gasteiger charge is 2.39. The number of aliphatic hydroxyl groups excluding tert-OH is 1. The van der Waals surface area contributed by atoms with Crippen LogP contribution in [0.2, 0.25) is 0 Å². The van der Waals surface area contributed by atoms with Gasteiger partial charge in [-0.15, -0.1) is 0 Å². The number of hydrogen-bond donors (Lipinski definition) is 1. The fourth-order valence-electron chi connectivity index (χ4n) is 2.64. The summed E-state index contributed by atoms with van der Waals surface area (Å²) in [7, 11) is 0. The molecular weight excluding hydrogens is 148 g/mol. The largest absolute Gasteiger partial charge is 0.392 e. The van der Waals surface area contributed by atoms with E-state index in [1.165, 1.54) is 25.7 Å². The second-order valence-corrected chi connectivity index (χ2v) is 4.61. The molecule has 0 heterocycles. The van der Waals surface area contributed by atoms with Crippen molar-refractivity contribution in [3.8, 4) is 0 Å². The monoisotopic (exact) mass is 170 g/mol. The molecule has 1 nitrogen and oxygen atoms in total. The van der Waals surface area contributed by atoms with E-state index in [1.54, 1.807) is 0 Å². The molecular formula is C11H22O. The maximum atomic E-state index is 10.1. The zero-order valence-corrected chi connectivity index (χ0v) is 8.64. The molecule has 1 N–H and O–H groups in total. The summed E-state index contributed by atoms with van der Waals surface area (Å²) in [5.41, 5.74) is 0.272. The van der Waals surface area contributed by atoms with E-state index in [2.05, 4.69) is 20.8 Å². The third-order valence-electron chi connectivity index (χ3n) is 3.56. The maximum Gasteiger partial charge on any atom is 0.0619 e. The summed E-state index contributed by atoms with van der Waals surface area (Å²) in [6.07, 6.45) is 6.18. The normalized spacial score (nSPS) is 24.8. The van der Waals surface area contributed by atoms with Crippen LogP contribution in [0.3, 0.4) is 0 Å². The van der Waals surface area contributed by atoms with Crippen molar-refractivity contribution in [1.29, 1.82) is 0 Å². The first-order valence-corrected chi connectivity index (χ1v) is 5.30. The Hall–Kier alpha value is -0.0400. The number of aliphatic hydroxyl groups is 1. The molecule has 0 aliphatic heterocycles. The summed E-state index contributed by atoms with van der Waals surface area (Å²) in [4.78, 5) is 0. The van der Waals surface area contributed by atoms with E-state index in [9.17, 15) is 5.11 Å². The molecule has 0 saturated heterocycles. The van der Waals surface area contributed by atoms with Gasteiger partial charge in [0.2, 0.25) is 0 Å². The van der Waals surface area contributed by atoms with Crippen LogP contribution in [0.4, 0.5) is 0 Å². The predicted molar refractivity (Wildman–Crippen MR) is 52.0 cm³/mol. The van der Waals surface area contributed by atoms with Crippen LogP contribution in [0, 0.1) is 11.3 Å². The lowest BCUT2D eigenvalue weighted by atomic mass is 9.74. The van der Waals surface area contributed by atoms with Crippen LogP contribution >= 0.6 is 0 Å². The molecule has 0 bridgehead atoms.